The molecule has 1 N–H and O–H groups in total. The first-order chi connectivity index (χ1) is 7.06. The van der Waals surface area contributed by atoms with E-state index in [1.165, 1.54) is 0 Å². The van der Waals surface area contributed by atoms with Gasteiger partial charge >= 0.3 is 0 Å². The van der Waals surface area contributed by atoms with Gasteiger partial charge < -0.3 is 14.8 Å². The van der Waals surface area contributed by atoms with Gasteiger partial charge in [-0.25, -0.2) is 0 Å². The van der Waals surface area contributed by atoms with Gasteiger partial charge in [-0.2, -0.15) is 0 Å². The molecule has 0 fully saturated rings. The number of carbonyl (C=O) groups is 1. The fourth-order valence-electron chi connectivity index (χ4n) is 1.31. The Morgan fingerprint density at radius 1 is 1.62 bits per heavy atom. The van der Waals surface area contributed by atoms with E-state index in [4.69, 9.17) is 0 Å². The van der Waals surface area contributed by atoms with Crippen molar-refractivity contribution in [2.24, 2.45) is 7.05 Å². The van der Waals surface area contributed by atoms with Crippen LogP contribution in [-0.4, -0.2) is 42.6 Å². The lowest BCUT2D eigenvalue weighted by molar-refractivity contribution is 0.0787. The number of nitrogens with one attached hydrogen (secondary N) is 1. The van der Waals surface area contributed by atoms with Gasteiger partial charge in [-0.05, 0) is 29.0 Å². The van der Waals surface area contributed by atoms with Crippen molar-refractivity contribution >= 4 is 34.2 Å². The van der Waals surface area contributed by atoms with Gasteiger partial charge in [0.1, 0.15) is 5.69 Å². The van der Waals surface area contributed by atoms with E-state index in [0.717, 1.165) is 11.0 Å². The zero-order valence-electron chi connectivity index (χ0n) is 9.66. The second-order valence-electron chi connectivity index (χ2n) is 3.48. The fraction of sp³-hybridized carbons (Fsp3) is 0.500. The molecule has 1 heterocycles. The number of carbonyl (C=O) groups excluding carboxylic acids is 1. The van der Waals surface area contributed by atoms with Crippen LogP contribution in [0, 0.1) is 0 Å². The monoisotopic (exact) mass is 309 g/mol. The summed E-state index contributed by atoms with van der Waals surface area (Å²) in [5.74, 6) is 0.0402. The van der Waals surface area contributed by atoms with Crippen LogP contribution in [0.3, 0.4) is 0 Å². The fourth-order valence-corrected chi connectivity index (χ4v) is 1.84. The van der Waals surface area contributed by atoms with Crippen molar-refractivity contribution in [1.29, 1.82) is 0 Å². The van der Waals surface area contributed by atoms with Gasteiger partial charge in [0.15, 0.2) is 0 Å². The van der Waals surface area contributed by atoms with Crippen LogP contribution in [0.1, 0.15) is 10.5 Å². The Bertz CT molecular complexity index is 354. The smallest absolute Gasteiger partial charge is 0.270 e. The molecule has 4 nitrogen and oxygen atoms in total. The number of halogens is 2. The van der Waals surface area contributed by atoms with Crippen LogP contribution >= 0.6 is 28.3 Å². The van der Waals surface area contributed by atoms with Crippen molar-refractivity contribution in [3.05, 3.63) is 22.4 Å². The van der Waals surface area contributed by atoms with Gasteiger partial charge in [-0.1, -0.05) is 0 Å². The SMILES string of the molecule is CNCCN(C)C(=O)c1cc(Br)cn1C.Cl. The van der Waals surface area contributed by atoms with E-state index in [1.54, 1.807) is 11.9 Å². The average Bonchev–Trinajstić information content (AvgIpc) is 2.53. The molecule has 16 heavy (non-hydrogen) atoms. The molecule has 0 saturated carbocycles. The number of likely N-dealkylation sites (N-methyl/N-ethyl adjacent to an activating group) is 2. The third-order valence-electron chi connectivity index (χ3n) is 2.23. The minimum atomic E-state index is 0. The number of aryl methyl sites for hydroxylation is 1. The highest BCUT2D eigenvalue weighted by Gasteiger charge is 2.14. The van der Waals surface area contributed by atoms with E-state index in [2.05, 4.69) is 21.2 Å². The van der Waals surface area contributed by atoms with Crippen molar-refractivity contribution in [2.75, 3.05) is 27.2 Å². The molecule has 0 aromatic carbocycles. The van der Waals surface area contributed by atoms with Gasteiger partial charge in [0.25, 0.3) is 5.91 Å². The number of aromatic nitrogens is 1. The second-order valence-corrected chi connectivity index (χ2v) is 4.40. The molecule has 0 saturated heterocycles. The summed E-state index contributed by atoms with van der Waals surface area (Å²) in [6, 6.07) is 1.83. The van der Waals surface area contributed by atoms with Gasteiger partial charge in [0.2, 0.25) is 0 Å². The van der Waals surface area contributed by atoms with Crippen molar-refractivity contribution in [2.45, 2.75) is 0 Å². The minimum Gasteiger partial charge on any atom is -0.345 e. The Kier molecular flexibility index (Phi) is 6.71. The normalized spacial score (nSPS) is 9.75. The Hall–Kier alpha value is -0.520. The van der Waals surface area contributed by atoms with E-state index in [-0.39, 0.29) is 18.3 Å². The Morgan fingerprint density at radius 3 is 2.69 bits per heavy atom. The third kappa shape index (κ3) is 3.81. The highest BCUT2D eigenvalue weighted by molar-refractivity contribution is 9.10. The molecule has 6 heteroatoms. The molecule has 1 aromatic rings. The van der Waals surface area contributed by atoms with E-state index in [1.807, 2.05) is 30.9 Å². The van der Waals surface area contributed by atoms with Crippen LogP contribution in [0.15, 0.2) is 16.7 Å². The lowest BCUT2D eigenvalue weighted by Gasteiger charge is -2.16. The first-order valence-corrected chi connectivity index (χ1v) is 5.57. The van der Waals surface area contributed by atoms with E-state index in [0.29, 0.717) is 12.2 Å². The molecule has 1 aromatic heterocycles. The molecule has 0 spiro atoms. The van der Waals surface area contributed by atoms with Gasteiger partial charge in [0.05, 0.1) is 0 Å². The maximum atomic E-state index is 11.9. The Morgan fingerprint density at radius 2 is 2.25 bits per heavy atom. The maximum Gasteiger partial charge on any atom is 0.270 e. The minimum absolute atomic E-state index is 0. The highest BCUT2D eigenvalue weighted by atomic mass is 79.9. The second kappa shape index (κ2) is 6.93. The molecule has 0 aliphatic heterocycles. The van der Waals surface area contributed by atoms with Gasteiger partial charge in [-0.3, -0.25) is 4.79 Å². The molecule has 1 amide bonds. The molecule has 0 unspecified atom stereocenters. The molecule has 92 valence electrons. The topological polar surface area (TPSA) is 37.3 Å². The number of nitrogens with zero attached hydrogens (tertiary/aromatic N) is 2. The summed E-state index contributed by atoms with van der Waals surface area (Å²) in [6.07, 6.45) is 1.87. The first kappa shape index (κ1) is 15.5. The Labute approximate surface area is 111 Å². The third-order valence-corrected chi connectivity index (χ3v) is 2.67. The maximum absolute atomic E-state index is 11.9. The predicted molar refractivity (Wildman–Crippen MR) is 71.2 cm³/mol. The Balaban J connectivity index is 0.00000225. The number of amides is 1. The summed E-state index contributed by atoms with van der Waals surface area (Å²) in [4.78, 5) is 13.6. The number of rotatable bonds is 4. The summed E-state index contributed by atoms with van der Waals surface area (Å²) >= 11 is 3.35. The standard InChI is InChI=1S/C10H16BrN3O.ClH/c1-12-4-5-13(2)10(15)9-6-8(11)7-14(9)3;/h6-7,12H,4-5H2,1-3H3;1H. The van der Waals surface area contributed by atoms with Crippen molar-refractivity contribution < 1.29 is 4.79 Å². The molecule has 0 aliphatic carbocycles. The molecule has 1 rings (SSSR count). The van der Waals surface area contributed by atoms with Gasteiger partial charge in [0, 0.05) is 37.9 Å². The van der Waals surface area contributed by atoms with Crippen LogP contribution < -0.4 is 5.32 Å². The quantitative estimate of drug-likeness (QED) is 0.915. The average molecular weight is 311 g/mol. The summed E-state index contributed by atoms with van der Waals surface area (Å²) in [5, 5.41) is 3.01. The largest absolute Gasteiger partial charge is 0.345 e. The van der Waals surface area contributed by atoms with Crippen LogP contribution in [0.25, 0.3) is 0 Å². The highest BCUT2D eigenvalue weighted by Crippen LogP contribution is 2.14. The summed E-state index contributed by atoms with van der Waals surface area (Å²) < 4.78 is 2.75. The van der Waals surface area contributed by atoms with Crippen LogP contribution in [0.2, 0.25) is 0 Å². The van der Waals surface area contributed by atoms with Gasteiger partial charge in [-0.15, -0.1) is 12.4 Å². The van der Waals surface area contributed by atoms with E-state index in [9.17, 15) is 4.79 Å². The summed E-state index contributed by atoms with van der Waals surface area (Å²) in [5.41, 5.74) is 0.695. The lowest BCUT2D eigenvalue weighted by atomic mass is 10.3. The molecule has 0 atom stereocenters. The van der Waals surface area contributed by atoms with Crippen molar-refractivity contribution in [3.8, 4) is 0 Å². The van der Waals surface area contributed by atoms with Crippen molar-refractivity contribution in [1.82, 2.24) is 14.8 Å². The lowest BCUT2D eigenvalue weighted by Crippen LogP contribution is -2.33. The van der Waals surface area contributed by atoms with E-state index >= 15 is 0 Å². The molecule has 0 radical (unpaired) electrons. The van der Waals surface area contributed by atoms with Crippen LogP contribution in [0.5, 0.6) is 0 Å². The first-order valence-electron chi connectivity index (χ1n) is 4.78. The zero-order chi connectivity index (χ0) is 11.4. The number of hydrogen-bond donors (Lipinski definition) is 1. The van der Waals surface area contributed by atoms with Crippen LogP contribution in [-0.2, 0) is 7.05 Å². The number of hydrogen-bond acceptors (Lipinski definition) is 2. The molecular weight excluding hydrogens is 293 g/mol. The van der Waals surface area contributed by atoms with Crippen LogP contribution in [0.4, 0.5) is 0 Å². The molecule has 0 bridgehead atoms. The molecular formula is C10H17BrClN3O. The zero-order valence-corrected chi connectivity index (χ0v) is 12.1. The van der Waals surface area contributed by atoms with E-state index < -0.39 is 0 Å². The predicted octanol–water partition coefficient (Wildman–Crippen LogP) is 1.50. The summed E-state index contributed by atoms with van der Waals surface area (Å²) in [6.45, 7) is 1.51. The summed E-state index contributed by atoms with van der Waals surface area (Å²) in [7, 11) is 5.54. The molecule has 0 aliphatic rings. The van der Waals surface area contributed by atoms with Crippen molar-refractivity contribution in [3.63, 3.8) is 0 Å².